The number of anilines is 3. The second-order valence-corrected chi connectivity index (χ2v) is 9.73. The van der Waals surface area contributed by atoms with Gasteiger partial charge in [0.2, 0.25) is 0 Å². The molecular weight excluding hydrogens is 496 g/mol. The second-order valence-electron chi connectivity index (χ2n) is 9.73. The number of aliphatic carboxylic acids is 1. The third-order valence-corrected chi connectivity index (χ3v) is 6.90. The molecule has 1 saturated carbocycles. The predicted molar refractivity (Wildman–Crippen MR) is 146 cm³/mol. The van der Waals surface area contributed by atoms with E-state index in [1.165, 1.54) is 5.56 Å². The lowest BCUT2D eigenvalue weighted by atomic mass is 9.77. The average molecular weight is 527 g/mol. The molecule has 1 fully saturated rings. The van der Waals surface area contributed by atoms with Crippen molar-refractivity contribution < 1.29 is 23.8 Å². The first kappa shape index (κ1) is 26.0. The molecule has 4 aromatic rings. The Hall–Kier alpha value is -4.66. The summed E-state index contributed by atoms with van der Waals surface area (Å²) in [4.78, 5) is 23.6. The third-order valence-electron chi connectivity index (χ3n) is 6.90. The van der Waals surface area contributed by atoms with Crippen molar-refractivity contribution in [2.24, 2.45) is 5.92 Å². The van der Waals surface area contributed by atoms with Crippen LogP contribution in [-0.4, -0.2) is 27.2 Å². The molecule has 0 unspecified atom stereocenters. The Labute approximate surface area is 226 Å². The molecule has 3 N–H and O–H groups in total. The molecule has 1 amide bonds. The number of carbonyl (C=O) groups excluding carboxylic acids is 1. The van der Waals surface area contributed by atoms with Gasteiger partial charge in [-0.15, -0.1) is 5.10 Å². The van der Waals surface area contributed by atoms with Crippen LogP contribution in [0.2, 0.25) is 0 Å². The molecule has 9 nitrogen and oxygen atoms in total. The van der Waals surface area contributed by atoms with Gasteiger partial charge in [0.05, 0.1) is 0 Å². The fourth-order valence-electron chi connectivity index (χ4n) is 4.86. The highest BCUT2D eigenvalue weighted by atomic mass is 16.5. The summed E-state index contributed by atoms with van der Waals surface area (Å²) < 4.78 is 11.4. The Morgan fingerprint density at radius 1 is 0.897 bits per heavy atom. The summed E-state index contributed by atoms with van der Waals surface area (Å²) >= 11 is 0. The highest BCUT2D eigenvalue weighted by molar-refractivity contribution is 6.00. The first-order valence-corrected chi connectivity index (χ1v) is 13.0. The molecule has 1 aliphatic carbocycles. The lowest BCUT2D eigenvalue weighted by Crippen LogP contribution is -2.16. The van der Waals surface area contributed by atoms with Gasteiger partial charge in [0.25, 0.3) is 0 Å². The van der Waals surface area contributed by atoms with Crippen LogP contribution in [-0.2, 0) is 11.4 Å². The van der Waals surface area contributed by atoms with Crippen LogP contribution in [0.3, 0.4) is 0 Å². The fourth-order valence-corrected chi connectivity index (χ4v) is 4.86. The highest BCUT2D eigenvalue weighted by Gasteiger charge is 2.24. The van der Waals surface area contributed by atoms with Gasteiger partial charge in [-0.25, -0.2) is 0 Å². The lowest BCUT2D eigenvalue weighted by molar-refractivity contribution is -0.138. The number of nitrogens with one attached hydrogen (secondary N) is 2. The zero-order valence-electron chi connectivity index (χ0n) is 21.4. The van der Waals surface area contributed by atoms with Crippen LogP contribution >= 0.6 is 0 Å². The molecule has 9 heteroatoms. The quantitative estimate of drug-likeness (QED) is 0.217. The van der Waals surface area contributed by atoms with Gasteiger partial charge in [0.15, 0.2) is 0 Å². The molecule has 0 radical (unpaired) electrons. The van der Waals surface area contributed by atoms with Gasteiger partial charge < -0.3 is 24.9 Å². The summed E-state index contributed by atoms with van der Waals surface area (Å²) in [6.45, 7) is 0.448. The minimum Gasteiger partial charge on any atom is -0.489 e. The van der Waals surface area contributed by atoms with Crippen molar-refractivity contribution in [1.29, 1.82) is 0 Å². The molecule has 5 rings (SSSR count). The molecule has 1 aromatic heterocycles. The molecule has 0 saturated heterocycles. The number of aromatic nitrogens is 2. The van der Waals surface area contributed by atoms with Crippen LogP contribution in [0.4, 0.5) is 17.4 Å². The van der Waals surface area contributed by atoms with E-state index in [4.69, 9.17) is 14.3 Å². The number of carboxylic acids is 1. The maximum absolute atomic E-state index is 12.7. The fraction of sp³-hybridized carbons (Fsp3) is 0.267. The number of hydrogen-bond donors (Lipinski definition) is 3. The van der Waals surface area contributed by atoms with Gasteiger partial charge in [-0.3, -0.25) is 9.59 Å². The lowest BCUT2D eigenvalue weighted by Gasteiger charge is -2.28. The molecule has 39 heavy (non-hydrogen) atoms. The third kappa shape index (κ3) is 7.22. The van der Waals surface area contributed by atoms with E-state index in [9.17, 15) is 9.59 Å². The maximum atomic E-state index is 12.7. The number of rotatable bonds is 10. The molecule has 1 heterocycles. The second kappa shape index (κ2) is 12.3. The van der Waals surface area contributed by atoms with Crippen molar-refractivity contribution in [2.75, 3.05) is 10.6 Å². The topological polar surface area (TPSA) is 127 Å². The van der Waals surface area contributed by atoms with E-state index in [0.29, 0.717) is 29.6 Å². The summed E-state index contributed by atoms with van der Waals surface area (Å²) in [5.41, 5.74) is 3.57. The van der Waals surface area contributed by atoms with Crippen molar-refractivity contribution in [3.63, 3.8) is 0 Å². The molecule has 1 aliphatic rings. The van der Waals surface area contributed by atoms with Crippen LogP contribution in [0, 0.1) is 5.92 Å². The number of ether oxygens (including phenoxy) is 1. The Bertz CT molecular complexity index is 1400. The van der Waals surface area contributed by atoms with E-state index < -0.39 is 11.9 Å². The van der Waals surface area contributed by atoms with E-state index in [1.54, 1.807) is 0 Å². The van der Waals surface area contributed by atoms with Crippen LogP contribution in [0.1, 0.15) is 59.8 Å². The molecule has 0 bridgehead atoms. The maximum Gasteiger partial charge on any atom is 0.320 e. The number of benzene rings is 3. The van der Waals surface area contributed by atoms with E-state index >= 15 is 0 Å². The Balaban J connectivity index is 1.12. The molecule has 0 aliphatic heterocycles. The van der Waals surface area contributed by atoms with E-state index in [2.05, 4.69) is 20.8 Å². The number of amides is 1. The standard InChI is InChI=1S/C30H30N4O5/c35-27(36)17-20-9-11-22(12-10-20)23-13-15-24(16-14-23)31-28(37)29-33-34-30(39-29)32-25-7-4-8-26(18-25)38-19-21-5-2-1-3-6-21/h1-8,13-16,18,20,22H,9-12,17,19H2,(H,31,37)(H,32,34)(H,35,36)/t20-,22-. The number of nitrogens with zero attached hydrogens (tertiary/aromatic N) is 2. The van der Waals surface area contributed by atoms with Crippen molar-refractivity contribution in [2.45, 2.75) is 44.6 Å². The van der Waals surface area contributed by atoms with Crippen LogP contribution < -0.4 is 15.4 Å². The smallest absolute Gasteiger partial charge is 0.320 e. The molecule has 3 aromatic carbocycles. The molecular formula is C30H30N4O5. The van der Waals surface area contributed by atoms with Gasteiger partial charge in [0.1, 0.15) is 12.4 Å². The minimum absolute atomic E-state index is 0.0919. The predicted octanol–water partition coefficient (Wildman–Crippen LogP) is 6.39. The van der Waals surface area contributed by atoms with Gasteiger partial charge in [-0.1, -0.05) is 53.6 Å². The van der Waals surface area contributed by atoms with Crippen molar-refractivity contribution >= 4 is 29.3 Å². The zero-order valence-corrected chi connectivity index (χ0v) is 21.4. The van der Waals surface area contributed by atoms with Crippen molar-refractivity contribution in [3.8, 4) is 5.75 Å². The number of hydrogen-bond acceptors (Lipinski definition) is 7. The zero-order chi connectivity index (χ0) is 27.0. The normalized spacial score (nSPS) is 16.8. The Morgan fingerprint density at radius 2 is 1.67 bits per heavy atom. The number of carbonyl (C=O) groups is 2. The summed E-state index contributed by atoms with van der Waals surface area (Å²) in [5, 5.41) is 22.6. The van der Waals surface area contributed by atoms with Gasteiger partial charge in [-0.2, -0.15) is 0 Å². The average Bonchev–Trinajstić information content (AvgIpc) is 3.42. The first-order chi connectivity index (χ1) is 19.0. The Morgan fingerprint density at radius 3 is 2.41 bits per heavy atom. The summed E-state index contributed by atoms with van der Waals surface area (Å²) in [7, 11) is 0. The number of carboxylic acid groups (broad SMARTS) is 1. The van der Waals surface area contributed by atoms with Gasteiger partial charge in [-0.05, 0) is 72.9 Å². The van der Waals surface area contributed by atoms with E-state index in [-0.39, 0.29) is 24.2 Å². The van der Waals surface area contributed by atoms with E-state index in [0.717, 1.165) is 31.2 Å². The van der Waals surface area contributed by atoms with Crippen LogP contribution in [0.15, 0.2) is 83.3 Å². The minimum atomic E-state index is -0.721. The van der Waals surface area contributed by atoms with Crippen LogP contribution in [0.25, 0.3) is 0 Å². The SMILES string of the molecule is O=C(O)C[C@H]1CC[C@H](c2ccc(NC(=O)c3nnc(Nc4cccc(OCc5ccccc5)c4)o3)cc2)CC1. The molecule has 0 spiro atoms. The Kier molecular flexibility index (Phi) is 8.16. The van der Waals surface area contributed by atoms with Crippen molar-refractivity contribution in [1.82, 2.24) is 10.2 Å². The highest BCUT2D eigenvalue weighted by Crippen LogP contribution is 2.37. The summed E-state index contributed by atoms with van der Waals surface area (Å²) in [5.74, 6) is -0.0269. The molecule has 0 atom stereocenters. The van der Waals surface area contributed by atoms with E-state index in [1.807, 2.05) is 78.9 Å². The molecule has 200 valence electrons. The summed E-state index contributed by atoms with van der Waals surface area (Å²) in [6.07, 6.45) is 4.05. The van der Waals surface area contributed by atoms with Gasteiger partial charge in [0, 0.05) is 23.9 Å². The first-order valence-electron chi connectivity index (χ1n) is 13.0. The van der Waals surface area contributed by atoms with Crippen molar-refractivity contribution in [3.05, 3.63) is 95.9 Å². The summed E-state index contributed by atoms with van der Waals surface area (Å²) in [6, 6.07) is 25.1. The largest absolute Gasteiger partial charge is 0.489 e. The van der Waals surface area contributed by atoms with Gasteiger partial charge >= 0.3 is 23.8 Å². The monoisotopic (exact) mass is 526 g/mol. The van der Waals surface area contributed by atoms with Crippen LogP contribution in [0.5, 0.6) is 5.75 Å².